The summed E-state index contributed by atoms with van der Waals surface area (Å²) in [6, 6.07) is 13.4. The van der Waals surface area contributed by atoms with Gasteiger partial charge in [-0.3, -0.25) is 0 Å². The average Bonchev–Trinajstić information content (AvgIpc) is 2.47. The summed E-state index contributed by atoms with van der Waals surface area (Å²) in [4.78, 5) is 2.43. The second kappa shape index (κ2) is 5.22. The highest BCUT2D eigenvalue weighted by Gasteiger charge is 2.14. The lowest BCUT2D eigenvalue weighted by atomic mass is 9.95. The normalized spacial score (nSPS) is 16.3. The van der Waals surface area contributed by atoms with E-state index in [9.17, 15) is 0 Å². The summed E-state index contributed by atoms with van der Waals surface area (Å²) in [5.74, 6) is 0.547. The van der Waals surface area contributed by atoms with Crippen LogP contribution in [0, 0.1) is 0 Å². The van der Waals surface area contributed by atoms with Crippen LogP contribution in [-0.4, -0.2) is 26.3 Å². The minimum atomic E-state index is 0.547. The maximum absolute atomic E-state index is 5.44. The molecule has 0 aromatic heterocycles. The lowest BCUT2D eigenvalue weighted by Crippen LogP contribution is -2.36. The first-order valence-corrected chi connectivity index (χ1v) is 7.11. The van der Waals surface area contributed by atoms with Crippen LogP contribution in [0.4, 0.5) is 5.69 Å². The van der Waals surface area contributed by atoms with E-state index in [0.29, 0.717) is 5.92 Å². The Labute approximate surface area is 115 Å². The van der Waals surface area contributed by atoms with Crippen molar-refractivity contribution in [2.75, 3.05) is 31.2 Å². The molecule has 1 saturated heterocycles. The van der Waals surface area contributed by atoms with E-state index < -0.39 is 0 Å². The first-order chi connectivity index (χ1) is 9.25. The molecule has 0 spiro atoms. The number of hydrogen-bond acceptors (Lipinski definition) is 2. The van der Waals surface area contributed by atoms with Crippen molar-refractivity contribution in [3.63, 3.8) is 0 Å². The minimum absolute atomic E-state index is 0.547. The zero-order valence-electron chi connectivity index (χ0n) is 11.7. The molecule has 3 rings (SSSR count). The molecule has 0 unspecified atom stereocenters. The van der Waals surface area contributed by atoms with E-state index in [0.717, 1.165) is 26.3 Å². The van der Waals surface area contributed by atoms with Crippen molar-refractivity contribution in [1.82, 2.24) is 0 Å². The van der Waals surface area contributed by atoms with Gasteiger partial charge in [0, 0.05) is 18.8 Å². The fraction of sp³-hybridized carbons (Fsp3) is 0.412. The van der Waals surface area contributed by atoms with Crippen LogP contribution >= 0.6 is 0 Å². The largest absolute Gasteiger partial charge is 0.378 e. The van der Waals surface area contributed by atoms with Crippen LogP contribution in [0.15, 0.2) is 36.4 Å². The maximum atomic E-state index is 5.44. The van der Waals surface area contributed by atoms with Crippen molar-refractivity contribution in [2.24, 2.45) is 0 Å². The van der Waals surface area contributed by atoms with Crippen LogP contribution in [0.2, 0.25) is 0 Å². The molecule has 19 heavy (non-hydrogen) atoms. The molecule has 100 valence electrons. The monoisotopic (exact) mass is 255 g/mol. The molecule has 1 fully saturated rings. The fourth-order valence-corrected chi connectivity index (χ4v) is 2.81. The Morgan fingerprint density at radius 3 is 2.53 bits per heavy atom. The molecule has 1 aliphatic heterocycles. The Balaban J connectivity index is 2.10. The highest BCUT2D eigenvalue weighted by molar-refractivity contribution is 5.89. The molecule has 1 heterocycles. The molecule has 0 radical (unpaired) electrons. The highest BCUT2D eigenvalue weighted by atomic mass is 16.5. The van der Waals surface area contributed by atoms with Gasteiger partial charge in [0.05, 0.1) is 13.2 Å². The smallest absolute Gasteiger partial charge is 0.0642 e. The third-order valence-corrected chi connectivity index (χ3v) is 3.88. The molecule has 0 saturated carbocycles. The number of benzene rings is 2. The van der Waals surface area contributed by atoms with E-state index in [-0.39, 0.29) is 0 Å². The second-order valence-electron chi connectivity index (χ2n) is 5.51. The molecular weight excluding hydrogens is 234 g/mol. The number of nitrogens with zero attached hydrogens (tertiary/aromatic N) is 1. The van der Waals surface area contributed by atoms with Crippen LogP contribution in [0.5, 0.6) is 0 Å². The third kappa shape index (κ3) is 2.45. The number of fused-ring (bicyclic) bond motifs is 1. The lowest BCUT2D eigenvalue weighted by molar-refractivity contribution is 0.122. The molecule has 1 aliphatic rings. The van der Waals surface area contributed by atoms with Crippen molar-refractivity contribution in [3.8, 4) is 0 Å². The predicted molar refractivity (Wildman–Crippen MR) is 81.1 cm³/mol. The van der Waals surface area contributed by atoms with Gasteiger partial charge in [-0.2, -0.15) is 0 Å². The maximum Gasteiger partial charge on any atom is 0.0642 e. The van der Waals surface area contributed by atoms with Crippen molar-refractivity contribution < 1.29 is 4.74 Å². The first-order valence-electron chi connectivity index (χ1n) is 7.11. The SMILES string of the molecule is CC(C)c1cc(N2CCOCC2)cc2ccccc12. The minimum Gasteiger partial charge on any atom is -0.378 e. The van der Waals surface area contributed by atoms with E-state index in [1.165, 1.54) is 22.0 Å². The second-order valence-corrected chi connectivity index (χ2v) is 5.51. The zero-order chi connectivity index (χ0) is 13.2. The number of anilines is 1. The quantitative estimate of drug-likeness (QED) is 0.809. The molecule has 0 bridgehead atoms. The van der Waals surface area contributed by atoms with Crippen LogP contribution < -0.4 is 4.90 Å². The molecular formula is C17H21NO. The number of rotatable bonds is 2. The van der Waals surface area contributed by atoms with Crippen LogP contribution in [-0.2, 0) is 4.74 Å². The van der Waals surface area contributed by atoms with Crippen molar-refractivity contribution in [3.05, 3.63) is 42.0 Å². The standard InChI is InChI=1S/C17H21NO/c1-13(2)17-12-15(18-7-9-19-10-8-18)11-14-5-3-4-6-16(14)17/h3-6,11-13H,7-10H2,1-2H3. The summed E-state index contributed by atoms with van der Waals surface area (Å²) >= 11 is 0. The van der Waals surface area contributed by atoms with Gasteiger partial charge in [-0.1, -0.05) is 38.1 Å². The van der Waals surface area contributed by atoms with Gasteiger partial charge in [0.1, 0.15) is 0 Å². The Morgan fingerprint density at radius 2 is 1.79 bits per heavy atom. The van der Waals surface area contributed by atoms with E-state index >= 15 is 0 Å². The summed E-state index contributed by atoms with van der Waals surface area (Å²) < 4.78 is 5.44. The molecule has 2 aromatic carbocycles. The number of ether oxygens (including phenoxy) is 1. The molecule has 2 aromatic rings. The van der Waals surface area contributed by atoms with Gasteiger partial charge >= 0.3 is 0 Å². The van der Waals surface area contributed by atoms with Crippen LogP contribution in [0.1, 0.15) is 25.3 Å². The van der Waals surface area contributed by atoms with Gasteiger partial charge in [-0.25, -0.2) is 0 Å². The lowest BCUT2D eigenvalue weighted by Gasteiger charge is -2.30. The topological polar surface area (TPSA) is 12.5 Å². The van der Waals surface area contributed by atoms with Gasteiger partial charge in [0.2, 0.25) is 0 Å². The van der Waals surface area contributed by atoms with Crippen LogP contribution in [0.3, 0.4) is 0 Å². The first kappa shape index (κ1) is 12.5. The average molecular weight is 255 g/mol. The van der Waals surface area contributed by atoms with E-state index in [4.69, 9.17) is 4.74 Å². The molecule has 0 aliphatic carbocycles. The Morgan fingerprint density at radius 1 is 1.05 bits per heavy atom. The summed E-state index contributed by atoms with van der Waals surface area (Å²) in [6.07, 6.45) is 0. The van der Waals surface area contributed by atoms with Gasteiger partial charge < -0.3 is 9.64 Å². The van der Waals surface area contributed by atoms with E-state index in [1.807, 2.05) is 0 Å². The Bertz CT molecular complexity index is 570. The molecule has 2 nitrogen and oxygen atoms in total. The van der Waals surface area contributed by atoms with Crippen LogP contribution in [0.25, 0.3) is 10.8 Å². The van der Waals surface area contributed by atoms with Crippen molar-refractivity contribution in [2.45, 2.75) is 19.8 Å². The third-order valence-electron chi connectivity index (χ3n) is 3.88. The molecule has 0 amide bonds. The number of morpholine rings is 1. The Hall–Kier alpha value is -1.54. The van der Waals surface area contributed by atoms with Crippen molar-refractivity contribution in [1.29, 1.82) is 0 Å². The summed E-state index contributed by atoms with van der Waals surface area (Å²) in [7, 11) is 0. The van der Waals surface area contributed by atoms with Gasteiger partial charge in [0.15, 0.2) is 0 Å². The summed E-state index contributed by atoms with van der Waals surface area (Å²) in [6.45, 7) is 8.20. The number of hydrogen-bond donors (Lipinski definition) is 0. The molecule has 0 atom stereocenters. The summed E-state index contributed by atoms with van der Waals surface area (Å²) in [5, 5.41) is 2.73. The van der Waals surface area contributed by atoms with Gasteiger partial charge in [-0.05, 0) is 34.4 Å². The van der Waals surface area contributed by atoms with E-state index in [2.05, 4.69) is 55.1 Å². The summed E-state index contributed by atoms with van der Waals surface area (Å²) in [5.41, 5.74) is 2.78. The highest BCUT2D eigenvalue weighted by Crippen LogP contribution is 2.31. The Kier molecular flexibility index (Phi) is 3.43. The fourth-order valence-electron chi connectivity index (χ4n) is 2.81. The molecule has 0 N–H and O–H groups in total. The van der Waals surface area contributed by atoms with E-state index in [1.54, 1.807) is 0 Å². The predicted octanol–water partition coefficient (Wildman–Crippen LogP) is 3.80. The van der Waals surface area contributed by atoms with Gasteiger partial charge in [-0.15, -0.1) is 0 Å². The molecule has 2 heteroatoms. The van der Waals surface area contributed by atoms with Crippen molar-refractivity contribution >= 4 is 16.5 Å². The van der Waals surface area contributed by atoms with Gasteiger partial charge in [0.25, 0.3) is 0 Å². The zero-order valence-corrected chi connectivity index (χ0v) is 11.7.